The number of carbonyl (C=O) groups excluding carboxylic acids is 3. The third kappa shape index (κ3) is 3.83. The fraction of sp³-hybridized carbons (Fsp3) is 0.611. The molecule has 164 valence electrons. The number of piperazine rings is 1. The Morgan fingerprint density at radius 1 is 1.13 bits per heavy atom. The van der Waals surface area contributed by atoms with Gasteiger partial charge in [-0.15, -0.1) is 11.3 Å². The van der Waals surface area contributed by atoms with Gasteiger partial charge >= 0.3 is 6.03 Å². The molecule has 0 radical (unpaired) electrons. The molecule has 1 saturated carbocycles. The van der Waals surface area contributed by atoms with Gasteiger partial charge in [-0.3, -0.25) is 14.5 Å². The summed E-state index contributed by atoms with van der Waals surface area (Å²) in [7, 11) is -3.62. The zero-order chi connectivity index (χ0) is 21.5. The van der Waals surface area contributed by atoms with Gasteiger partial charge in [-0.05, 0) is 25.0 Å². The first-order valence-corrected chi connectivity index (χ1v) is 12.5. The van der Waals surface area contributed by atoms with Crippen molar-refractivity contribution in [1.82, 2.24) is 19.4 Å². The lowest BCUT2D eigenvalue weighted by Crippen LogP contribution is -2.51. The summed E-state index contributed by atoms with van der Waals surface area (Å²) in [4.78, 5) is 40.2. The number of hydrogen-bond acceptors (Lipinski definition) is 6. The standard InChI is InChI=1S/C18H23ClN4O5S2/c19-13-3-4-15(29-13)30(27,28)22-11-9-21(10-12-22)14(24)5-8-23-16(25)18(20-17(23)26)6-1-2-7-18/h3-4H,1-2,5-12H2,(H,20,26). The van der Waals surface area contributed by atoms with Crippen molar-refractivity contribution in [3.8, 4) is 0 Å². The van der Waals surface area contributed by atoms with E-state index in [9.17, 15) is 22.8 Å². The minimum absolute atomic E-state index is 0.0303. The lowest BCUT2D eigenvalue weighted by molar-refractivity contribution is -0.134. The first kappa shape index (κ1) is 21.5. The highest BCUT2D eigenvalue weighted by Gasteiger charge is 2.52. The van der Waals surface area contributed by atoms with Crippen LogP contribution in [0.2, 0.25) is 4.34 Å². The van der Waals surface area contributed by atoms with Crippen LogP contribution in [0, 0.1) is 0 Å². The maximum Gasteiger partial charge on any atom is 0.325 e. The number of rotatable bonds is 5. The Balaban J connectivity index is 1.30. The smallest absolute Gasteiger partial charge is 0.325 e. The van der Waals surface area contributed by atoms with Crippen LogP contribution in [0.15, 0.2) is 16.3 Å². The topological polar surface area (TPSA) is 107 Å². The van der Waals surface area contributed by atoms with Gasteiger partial charge in [0.1, 0.15) is 9.75 Å². The number of nitrogens with one attached hydrogen (secondary N) is 1. The largest absolute Gasteiger partial charge is 0.340 e. The van der Waals surface area contributed by atoms with Crippen molar-refractivity contribution in [1.29, 1.82) is 0 Å². The zero-order valence-corrected chi connectivity index (χ0v) is 18.7. The predicted molar refractivity (Wildman–Crippen MR) is 111 cm³/mol. The summed E-state index contributed by atoms with van der Waals surface area (Å²) in [6, 6.07) is 2.60. The Labute approximate surface area is 184 Å². The van der Waals surface area contributed by atoms with E-state index >= 15 is 0 Å². The highest BCUT2D eigenvalue weighted by molar-refractivity contribution is 7.91. The molecule has 9 nitrogen and oxygen atoms in total. The summed E-state index contributed by atoms with van der Waals surface area (Å²) >= 11 is 6.85. The van der Waals surface area contributed by atoms with Crippen LogP contribution in [0.1, 0.15) is 32.1 Å². The zero-order valence-electron chi connectivity index (χ0n) is 16.3. The molecule has 0 unspecified atom stereocenters. The van der Waals surface area contributed by atoms with Crippen molar-refractivity contribution in [2.24, 2.45) is 0 Å². The lowest BCUT2D eigenvalue weighted by atomic mass is 9.98. The molecule has 1 aliphatic carbocycles. The van der Waals surface area contributed by atoms with Gasteiger partial charge in [0.25, 0.3) is 15.9 Å². The fourth-order valence-electron chi connectivity index (χ4n) is 4.30. The second-order valence-electron chi connectivity index (χ2n) is 7.77. The highest BCUT2D eigenvalue weighted by Crippen LogP contribution is 2.35. The summed E-state index contributed by atoms with van der Waals surface area (Å²) in [5.41, 5.74) is -0.773. The summed E-state index contributed by atoms with van der Waals surface area (Å²) < 4.78 is 27.3. The Hall–Kier alpha value is -1.69. The molecule has 1 aromatic rings. The summed E-state index contributed by atoms with van der Waals surface area (Å²) in [6.07, 6.45) is 3.14. The van der Waals surface area contributed by atoms with Gasteiger partial charge in [0, 0.05) is 39.1 Å². The molecule has 0 atom stereocenters. The lowest BCUT2D eigenvalue weighted by Gasteiger charge is -2.34. The van der Waals surface area contributed by atoms with E-state index in [0.29, 0.717) is 17.2 Å². The number of sulfonamides is 1. The molecule has 2 aliphatic heterocycles. The third-order valence-electron chi connectivity index (χ3n) is 5.99. The third-order valence-corrected chi connectivity index (χ3v) is 9.58. The average molecular weight is 475 g/mol. The molecular formula is C18H23ClN4O5S2. The predicted octanol–water partition coefficient (Wildman–Crippen LogP) is 1.49. The molecular weight excluding hydrogens is 452 g/mol. The van der Waals surface area contributed by atoms with Gasteiger partial charge in [0.15, 0.2) is 0 Å². The maximum atomic E-state index is 12.7. The number of carbonyl (C=O) groups is 3. The Kier molecular flexibility index (Phi) is 5.82. The molecule has 4 rings (SSSR count). The van der Waals surface area contributed by atoms with E-state index in [1.165, 1.54) is 10.4 Å². The van der Waals surface area contributed by atoms with Crippen molar-refractivity contribution < 1.29 is 22.8 Å². The molecule has 0 aromatic carbocycles. The van der Waals surface area contributed by atoms with E-state index in [1.807, 2.05) is 0 Å². The molecule has 3 aliphatic rings. The van der Waals surface area contributed by atoms with Crippen LogP contribution in [-0.2, 0) is 19.6 Å². The quantitative estimate of drug-likeness (QED) is 0.650. The second kappa shape index (κ2) is 8.10. The Morgan fingerprint density at radius 3 is 2.40 bits per heavy atom. The molecule has 2 saturated heterocycles. The van der Waals surface area contributed by atoms with Gasteiger partial charge in [0.2, 0.25) is 5.91 Å². The van der Waals surface area contributed by atoms with Crippen LogP contribution in [0.5, 0.6) is 0 Å². The van der Waals surface area contributed by atoms with Crippen molar-refractivity contribution in [2.75, 3.05) is 32.7 Å². The molecule has 1 N–H and O–H groups in total. The first-order valence-electron chi connectivity index (χ1n) is 9.90. The van der Waals surface area contributed by atoms with Crippen LogP contribution < -0.4 is 5.32 Å². The van der Waals surface area contributed by atoms with Gasteiger partial charge in [-0.1, -0.05) is 24.4 Å². The number of thiophene rings is 1. The molecule has 1 aromatic heterocycles. The van der Waals surface area contributed by atoms with Crippen molar-refractivity contribution in [3.63, 3.8) is 0 Å². The molecule has 0 bridgehead atoms. The Bertz CT molecular complexity index is 965. The van der Waals surface area contributed by atoms with E-state index in [0.717, 1.165) is 29.1 Å². The molecule has 4 amide bonds. The molecule has 1 spiro atoms. The maximum absolute atomic E-state index is 12.7. The summed E-state index contributed by atoms with van der Waals surface area (Å²) in [6.45, 7) is 0.950. The number of halogens is 1. The average Bonchev–Trinajstić information content (AvgIpc) is 3.42. The molecule has 3 heterocycles. The van der Waals surface area contributed by atoms with Crippen LogP contribution in [0.3, 0.4) is 0 Å². The molecule has 30 heavy (non-hydrogen) atoms. The van der Waals surface area contributed by atoms with Gasteiger partial charge < -0.3 is 10.2 Å². The number of hydrogen-bond donors (Lipinski definition) is 1. The van der Waals surface area contributed by atoms with Crippen LogP contribution in [-0.4, -0.2) is 78.6 Å². The second-order valence-corrected chi connectivity index (χ2v) is 11.6. The number of urea groups is 1. The van der Waals surface area contributed by atoms with E-state index in [-0.39, 0.29) is 55.2 Å². The number of imide groups is 1. The van der Waals surface area contributed by atoms with Crippen molar-refractivity contribution >= 4 is 50.8 Å². The summed E-state index contributed by atoms with van der Waals surface area (Å²) in [5, 5.41) is 2.80. The van der Waals surface area contributed by atoms with E-state index in [4.69, 9.17) is 11.6 Å². The normalized spacial score (nSPS) is 22.2. The highest BCUT2D eigenvalue weighted by atomic mass is 35.5. The minimum Gasteiger partial charge on any atom is -0.340 e. The van der Waals surface area contributed by atoms with Crippen molar-refractivity contribution in [3.05, 3.63) is 16.5 Å². The number of nitrogens with zero attached hydrogens (tertiary/aromatic N) is 3. The monoisotopic (exact) mass is 474 g/mol. The SMILES string of the molecule is O=C(CCN1C(=O)NC2(CCCC2)C1=O)N1CCN(S(=O)(=O)c2ccc(Cl)s2)CC1. The summed E-state index contributed by atoms with van der Waals surface area (Å²) in [5.74, 6) is -0.428. The minimum atomic E-state index is -3.62. The van der Waals surface area contributed by atoms with Crippen molar-refractivity contribution in [2.45, 2.75) is 41.9 Å². The van der Waals surface area contributed by atoms with Gasteiger partial charge in [-0.25, -0.2) is 13.2 Å². The molecule has 3 fully saturated rings. The van der Waals surface area contributed by atoms with E-state index in [1.54, 1.807) is 11.0 Å². The Morgan fingerprint density at radius 2 is 1.80 bits per heavy atom. The van der Waals surface area contributed by atoms with E-state index in [2.05, 4.69) is 5.32 Å². The number of amides is 4. The first-order chi connectivity index (χ1) is 14.2. The van der Waals surface area contributed by atoms with Gasteiger partial charge in [0.05, 0.1) is 4.34 Å². The molecule has 12 heteroatoms. The fourth-order valence-corrected chi connectivity index (χ4v) is 7.36. The van der Waals surface area contributed by atoms with Gasteiger partial charge in [-0.2, -0.15) is 4.31 Å². The van der Waals surface area contributed by atoms with E-state index < -0.39 is 21.6 Å². The van der Waals surface area contributed by atoms with Crippen LogP contribution in [0.25, 0.3) is 0 Å². The van der Waals surface area contributed by atoms with Crippen LogP contribution in [0.4, 0.5) is 4.79 Å². The van der Waals surface area contributed by atoms with Crippen LogP contribution >= 0.6 is 22.9 Å².